The lowest BCUT2D eigenvalue weighted by molar-refractivity contribution is -0.162. The largest absolute Gasteiger partial charge is 0.348 e. The third kappa shape index (κ3) is 2.46. The van der Waals surface area contributed by atoms with E-state index in [2.05, 4.69) is 13.8 Å². The summed E-state index contributed by atoms with van der Waals surface area (Å²) in [7, 11) is 0. The molecule has 66 valence electrons. The SMILES string of the molecule is CC(C)C[C@@]1(C)OC[C@H](C)O1. The lowest BCUT2D eigenvalue weighted by atomic mass is 10.0. The van der Waals surface area contributed by atoms with E-state index in [1.807, 2.05) is 13.8 Å². The Balaban J connectivity index is 2.42. The Morgan fingerprint density at radius 3 is 2.55 bits per heavy atom. The van der Waals surface area contributed by atoms with Crippen molar-refractivity contribution >= 4 is 0 Å². The molecule has 0 aromatic rings. The van der Waals surface area contributed by atoms with Crippen LogP contribution in [-0.2, 0) is 9.47 Å². The monoisotopic (exact) mass is 158 g/mol. The number of rotatable bonds is 2. The van der Waals surface area contributed by atoms with Crippen molar-refractivity contribution in [2.75, 3.05) is 6.61 Å². The fourth-order valence-corrected chi connectivity index (χ4v) is 1.64. The molecule has 0 amide bonds. The highest BCUT2D eigenvalue weighted by atomic mass is 16.7. The molecule has 0 radical (unpaired) electrons. The molecule has 0 saturated carbocycles. The van der Waals surface area contributed by atoms with Crippen LogP contribution in [0.4, 0.5) is 0 Å². The van der Waals surface area contributed by atoms with Crippen molar-refractivity contribution < 1.29 is 9.47 Å². The van der Waals surface area contributed by atoms with Gasteiger partial charge in [-0.1, -0.05) is 13.8 Å². The van der Waals surface area contributed by atoms with Crippen molar-refractivity contribution in [1.82, 2.24) is 0 Å². The third-order valence-corrected chi connectivity index (χ3v) is 1.85. The number of ether oxygens (including phenoxy) is 2. The van der Waals surface area contributed by atoms with Crippen LogP contribution in [0.2, 0.25) is 0 Å². The van der Waals surface area contributed by atoms with Gasteiger partial charge in [-0.3, -0.25) is 0 Å². The van der Waals surface area contributed by atoms with Gasteiger partial charge in [-0.2, -0.15) is 0 Å². The molecule has 1 rings (SSSR count). The zero-order chi connectivity index (χ0) is 8.48. The smallest absolute Gasteiger partial charge is 0.166 e. The summed E-state index contributed by atoms with van der Waals surface area (Å²) in [4.78, 5) is 0. The van der Waals surface area contributed by atoms with Gasteiger partial charge in [0.1, 0.15) is 0 Å². The quantitative estimate of drug-likeness (QED) is 0.613. The molecule has 0 aliphatic carbocycles. The summed E-state index contributed by atoms with van der Waals surface area (Å²) in [6.07, 6.45) is 1.25. The Bertz CT molecular complexity index is 134. The third-order valence-electron chi connectivity index (χ3n) is 1.85. The van der Waals surface area contributed by atoms with Crippen LogP contribution in [0.5, 0.6) is 0 Å². The summed E-state index contributed by atoms with van der Waals surface area (Å²) in [5.74, 6) is 0.318. The van der Waals surface area contributed by atoms with Crippen LogP contribution in [0.15, 0.2) is 0 Å². The second-order valence-corrected chi connectivity index (χ2v) is 3.97. The van der Waals surface area contributed by atoms with Crippen molar-refractivity contribution in [2.45, 2.75) is 46.0 Å². The predicted molar refractivity (Wildman–Crippen MR) is 44.4 cm³/mol. The highest BCUT2D eigenvalue weighted by Gasteiger charge is 2.35. The summed E-state index contributed by atoms with van der Waals surface area (Å²) in [6.45, 7) is 9.17. The maximum Gasteiger partial charge on any atom is 0.166 e. The first-order valence-electron chi connectivity index (χ1n) is 4.33. The highest BCUT2D eigenvalue weighted by Crippen LogP contribution is 2.29. The molecule has 0 N–H and O–H groups in total. The Kier molecular flexibility index (Phi) is 2.55. The average molecular weight is 158 g/mol. The van der Waals surface area contributed by atoms with E-state index in [0.29, 0.717) is 5.92 Å². The normalized spacial score (nSPS) is 38.5. The first-order chi connectivity index (χ1) is 5.02. The number of hydrogen-bond acceptors (Lipinski definition) is 2. The summed E-state index contributed by atoms with van der Waals surface area (Å²) < 4.78 is 11.2. The maximum absolute atomic E-state index is 5.64. The first-order valence-corrected chi connectivity index (χ1v) is 4.33. The summed E-state index contributed by atoms with van der Waals surface area (Å²) in [5.41, 5.74) is 0. The Morgan fingerprint density at radius 2 is 2.18 bits per heavy atom. The van der Waals surface area contributed by atoms with E-state index < -0.39 is 0 Å². The lowest BCUT2D eigenvalue weighted by Crippen LogP contribution is -2.28. The topological polar surface area (TPSA) is 18.5 Å². The maximum atomic E-state index is 5.64. The highest BCUT2D eigenvalue weighted by molar-refractivity contribution is 4.73. The fraction of sp³-hybridized carbons (Fsp3) is 1.00. The Labute approximate surface area is 68.9 Å². The zero-order valence-electron chi connectivity index (χ0n) is 7.89. The van der Waals surface area contributed by atoms with Gasteiger partial charge >= 0.3 is 0 Å². The minimum atomic E-state index is -0.312. The zero-order valence-corrected chi connectivity index (χ0v) is 7.89. The van der Waals surface area contributed by atoms with E-state index >= 15 is 0 Å². The molecule has 1 aliphatic rings. The van der Waals surface area contributed by atoms with Gasteiger partial charge in [-0.15, -0.1) is 0 Å². The van der Waals surface area contributed by atoms with Gasteiger partial charge in [0.05, 0.1) is 12.7 Å². The minimum Gasteiger partial charge on any atom is -0.348 e. The molecule has 1 saturated heterocycles. The van der Waals surface area contributed by atoms with Crippen molar-refractivity contribution in [1.29, 1.82) is 0 Å². The summed E-state index contributed by atoms with van der Waals surface area (Å²) in [6, 6.07) is 0. The van der Waals surface area contributed by atoms with Crippen LogP contribution in [0.3, 0.4) is 0 Å². The van der Waals surface area contributed by atoms with Gasteiger partial charge in [0, 0.05) is 6.42 Å². The van der Waals surface area contributed by atoms with E-state index in [9.17, 15) is 0 Å². The van der Waals surface area contributed by atoms with Crippen LogP contribution in [0.25, 0.3) is 0 Å². The van der Waals surface area contributed by atoms with Crippen molar-refractivity contribution in [3.8, 4) is 0 Å². The second-order valence-electron chi connectivity index (χ2n) is 3.97. The molecular formula is C9H18O2. The van der Waals surface area contributed by atoms with E-state index in [1.54, 1.807) is 0 Å². The molecule has 1 aliphatic heterocycles. The van der Waals surface area contributed by atoms with Crippen LogP contribution in [0.1, 0.15) is 34.1 Å². The van der Waals surface area contributed by atoms with E-state index in [-0.39, 0.29) is 11.9 Å². The van der Waals surface area contributed by atoms with Gasteiger partial charge in [0.25, 0.3) is 0 Å². The molecular weight excluding hydrogens is 140 g/mol. The Morgan fingerprint density at radius 1 is 1.55 bits per heavy atom. The molecule has 11 heavy (non-hydrogen) atoms. The molecule has 2 nitrogen and oxygen atoms in total. The minimum absolute atomic E-state index is 0.263. The van der Waals surface area contributed by atoms with Crippen LogP contribution >= 0.6 is 0 Å². The predicted octanol–water partition coefficient (Wildman–Crippen LogP) is 2.18. The molecule has 0 aromatic carbocycles. The van der Waals surface area contributed by atoms with Gasteiger partial charge in [0.15, 0.2) is 5.79 Å². The lowest BCUT2D eigenvalue weighted by Gasteiger charge is -2.24. The molecule has 0 aromatic heterocycles. The molecule has 0 spiro atoms. The average Bonchev–Trinajstić information content (AvgIpc) is 2.08. The van der Waals surface area contributed by atoms with Gasteiger partial charge in [-0.05, 0) is 19.8 Å². The van der Waals surface area contributed by atoms with Crippen molar-refractivity contribution in [3.63, 3.8) is 0 Å². The summed E-state index contributed by atoms with van der Waals surface area (Å²) in [5, 5.41) is 0. The van der Waals surface area contributed by atoms with Crippen LogP contribution in [0, 0.1) is 5.92 Å². The van der Waals surface area contributed by atoms with Gasteiger partial charge in [-0.25, -0.2) is 0 Å². The van der Waals surface area contributed by atoms with E-state index in [4.69, 9.17) is 9.47 Å². The van der Waals surface area contributed by atoms with Crippen molar-refractivity contribution in [3.05, 3.63) is 0 Å². The van der Waals surface area contributed by atoms with Gasteiger partial charge < -0.3 is 9.47 Å². The van der Waals surface area contributed by atoms with Crippen LogP contribution in [-0.4, -0.2) is 18.5 Å². The first kappa shape index (κ1) is 9.01. The van der Waals surface area contributed by atoms with Crippen molar-refractivity contribution in [2.24, 2.45) is 5.92 Å². The molecule has 2 atom stereocenters. The van der Waals surface area contributed by atoms with Crippen LogP contribution < -0.4 is 0 Å². The molecule has 2 heteroatoms. The fourth-order valence-electron chi connectivity index (χ4n) is 1.64. The molecule has 1 fully saturated rings. The number of hydrogen-bond donors (Lipinski definition) is 0. The molecule has 0 bridgehead atoms. The molecule has 1 heterocycles. The second kappa shape index (κ2) is 3.11. The van der Waals surface area contributed by atoms with Gasteiger partial charge in [0.2, 0.25) is 0 Å². The van der Waals surface area contributed by atoms with E-state index in [1.165, 1.54) is 0 Å². The van der Waals surface area contributed by atoms with E-state index in [0.717, 1.165) is 13.0 Å². The summed E-state index contributed by atoms with van der Waals surface area (Å²) >= 11 is 0. The Hall–Kier alpha value is -0.0800. The standard InChI is InChI=1S/C9H18O2/c1-7(2)5-9(4)10-6-8(3)11-9/h7-8H,5-6H2,1-4H3/t8-,9-/m0/s1. The molecule has 0 unspecified atom stereocenters.